The molecule has 1 aromatic rings. The van der Waals surface area contributed by atoms with Crippen molar-refractivity contribution < 1.29 is 19.1 Å². The van der Waals surface area contributed by atoms with Gasteiger partial charge in [0.15, 0.2) is 6.23 Å². The minimum atomic E-state index is -0.572. The lowest BCUT2D eigenvalue weighted by Crippen LogP contribution is -2.35. The molecule has 1 heterocycles. The van der Waals surface area contributed by atoms with Gasteiger partial charge in [0.25, 0.3) is 5.91 Å². The van der Waals surface area contributed by atoms with E-state index in [4.69, 9.17) is 9.47 Å². The summed E-state index contributed by atoms with van der Waals surface area (Å²) < 4.78 is 11.4. The van der Waals surface area contributed by atoms with E-state index in [1.54, 1.807) is 13.8 Å². The van der Waals surface area contributed by atoms with Gasteiger partial charge in [0.2, 0.25) is 0 Å². The van der Waals surface area contributed by atoms with Gasteiger partial charge in [-0.3, -0.25) is 14.5 Å². The number of esters is 1. The maximum absolute atomic E-state index is 12.1. The van der Waals surface area contributed by atoms with Crippen molar-refractivity contribution in [2.24, 2.45) is 0 Å². The van der Waals surface area contributed by atoms with Gasteiger partial charge >= 0.3 is 5.97 Å². The molecule has 5 nitrogen and oxygen atoms in total. The first-order chi connectivity index (χ1) is 9.54. The van der Waals surface area contributed by atoms with Crippen molar-refractivity contribution in [2.45, 2.75) is 26.2 Å². The summed E-state index contributed by atoms with van der Waals surface area (Å²) in [5, 5.41) is 0. The minimum Gasteiger partial charge on any atom is -0.465 e. The molecule has 1 aromatic carbocycles. The fourth-order valence-corrected chi connectivity index (χ4v) is 2.58. The summed E-state index contributed by atoms with van der Waals surface area (Å²) >= 11 is 3.44. The first kappa shape index (κ1) is 15.0. The number of nitrogens with zero attached hydrogens (tertiary/aromatic N) is 1. The predicted octanol–water partition coefficient (Wildman–Crippen LogP) is 2.26. The zero-order chi connectivity index (χ0) is 14.7. The summed E-state index contributed by atoms with van der Waals surface area (Å²) in [6, 6.07) is 7.47. The molecule has 0 N–H and O–H groups in total. The smallest absolute Gasteiger partial charge is 0.325 e. The average molecular weight is 342 g/mol. The molecule has 1 fully saturated rings. The minimum absolute atomic E-state index is 0.108. The van der Waals surface area contributed by atoms with Gasteiger partial charge < -0.3 is 9.47 Å². The Kier molecular flexibility index (Phi) is 4.77. The number of benzene rings is 1. The highest BCUT2D eigenvalue weighted by molar-refractivity contribution is 9.10. The Morgan fingerprint density at radius 1 is 1.45 bits per heavy atom. The number of hydrogen-bond donors (Lipinski definition) is 0. The number of carbonyl (C=O) groups excluding carboxylic acids is 2. The van der Waals surface area contributed by atoms with Gasteiger partial charge in [-0.05, 0) is 19.9 Å². The van der Waals surface area contributed by atoms with Crippen molar-refractivity contribution in [3.05, 3.63) is 34.3 Å². The zero-order valence-corrected chi connectivity index (χ0v) is 12.9. The quantitative estimate of drug-likeness (QED) is 0.788. The number of rotatable bonds is 4. The predicted molar refractivity (Wildman–Crippen MR) is 75.8 cm³/mol. The third-order valence-corrected chi connectivity index (χ3v) is 3.75. The van der Waals surface area contributed by atoms with Gasteiger partial charge in [0.05, 0.1) is 6.61 Å². The van der Waals surface area contributed by atoms with Crippen LogP contribution in [0.25, 0.3) is 0 Å². The van der Waals surface area contributed by atoms with Crippen molar-refractivity contribution in [2.75, 3.05) is 13.2 Å². The number of halogens is 1. The van der Waals surface area contributed by atoms with Gasteiger partial charge in [0.1, 0.15) is 12.6 Å². The van der Waals surface area contributed by atoms with Crippen LogP contribution < -0.4 is 0 Å². The van der Waals surface area contributed by atoms with E-state index < -0.39 is 18.3 Å². The van der Waals surface area contributed by atoms with E-state index in [9.17, 15) is 9.59 Å². The highest BCUT2D eigenvalue weighted by atomic mass is 79.9. The molecule has 0 aromatic heterocycles. The lowest BCUT2D eigenvalue weighted by Gasteiger charge is -2.23. The zero-order valence-electron chi connectivity index (χ0n) is 11.3. The van der Waals surface area contributed by atoms with Crippen LogP contribution in [0, 0.1) is 0 Å². The normalized spacial score (nSPS) is 22.1. The van der Waals surface area contributed by atoms with Crippen molar-refractivity contribution in [1.82, 2.24) is 4.90 Å². The fourth-order valence-electron chi connectivity index (χ4n) is 2.10. The third kappa shape index (κ3) is 3.02. The third-order valence-electron chi connectivity index (χ3n) is 3.02. The molecule has 0 radical (unpaired) electrons. The van der Waals surface area contributed by atoms with E-state index in [2.05, 4.69) is 15.9 Å². The Hall–Kier alpha value is -1.40. The molecule has 2 atom stereocenters. The van der Waals surface area contributed by atoms with Crippen LogP contribution in [0.15, 0.2) is 28.7 Å². The van der Waals surface area contributed by atoms with Gasteiger partial charge in [-0.2, -0.15) is 0 Å². The van der Waals surface area contributed by atoms with Crippen LogP contribution in [0.2, 0.25) is 0 Å². The van der Waals surface area contributed by atoms with Crippen molar-refractivity contribution in [3.63, 3.8) is 0 Å². The summed E-state index contributed by atoms with van der Waals surface area (Å²) in [5.74, 6) is -0.644. The highest BCUT2D eigenvalue weighted by Crippen LogP contribution is 2.34. The van der Waals surface area contributed by atoms with Crippen LogP contribution in [0.1, 0.15) is 25.6 Å². The Morgan fingerprint density at radius 3 is 2.80 bits per heavy atom. The van der Waals surface area contributed by atoms with Gasteiger partial charge in [-0.1, -0.05) is 34.1 Å². The second kappa shape index (κ2) is 6.37. The molecule has 1 aliphatic rings. The average Bonchev–Trinajstić information content (AvgIpc) is 2.68. The second-order valence-electron chi connectivity index (χ2n) is 4.42. The molecule has 1 aliphatic heterocycles. The van der Waals surface area contributed by atoms with Gasteiger partial charge in [-0.15, -0.1) is 0 Å². The Morgan fingerprint density at radius 2 is 2.15 bits per heavy atom. The molecule has 6 heteroatoms. The van der Waals surface area contributed by atoms with Crippen LogP contribution in [-0.4, -0.2) is 36.0 Å². The summed E-state index contributed by atoms with van der Waals surface area (Å²) in [6.45, 7) is 3.59. The maximum Gasteiger partial charge on any atom is 0.325 e. The molecule has 0 spiro atoms. The first-order valence-corrected chi connectivity index (χ1v) is 7.20. The summed E-state index contributed by atoms with van der Waals surface area (Å²) in [4.78, 5) is 25.2. The number of ether oxygens (including phenoxy) is 2. The van der Waals surface area contributed by atoms with Crippen molar-refractivity contribution in [3.8, 4) is 0 Å². The lowest BCUT2D eigenvalue weighted by atomic mass is 10.2. The van der Waals surface area contributed by atoms with Gasteiger partial charge in [0, 0.05) is 10.0 Å². The van der Waals surface area contributed by atoms with Crippen LogP contribution in [-0.2, 0) is 19.1 Å². The molecule has 0 saturated carbocycles. The van der Waals surface area contributed by atoms with E-state index in [1.807, 2.05) is 24.3 Å². The molecule has 0 bridgehead atoms. The summed E-state index contributed by atoms with van der Waals surface area (Å²) in [6.07, 6.45) is -1.14. The van der Waals surface area contributed by atoms with Gasteiger partial charge in [-0.25, -0.2) is 0 Å². The van der Waals surface area contributed by atoms with Crippen LogP contribution >= 0.6 is 15.9 Å². The topological polar surface area (TPSA) is 55.8 Å². The summed E-state index contributed by atoms with van der Waals surface area (Å²) in [5.41, 5.74) is 0.814. The number of carbonyl (C=O) groups is 2. The first-order valence-electron chi connectivity index (χ1n) is 6.40. The second-order valence-corrected chi connectivity index (χ2v) is 5.28. The van der Waals surface area contributed by atoms with Crippen LogP contribution in [0.5, 0.6) is 0 Å². The van der Waals surface area contributed by atoms with Crippen molar-refractivity contribution in [1.29, 1.82) is 0 Å². The van der Waals surface area contributed by atoms with Crippen LogP contribution in [0.3, 0.4) is 0 Å². The molecule has 20 heavy (non-hydrogen) atoms. The largest absolute Gasteiger partial charge is 0.465 e. The maximum atomic E-state index is 12.1. The van der Waals surface area contributed by atoms with E-state index >= 15 is 0 Å². The Bertz CT molecular complexity index is 520. The van der Waals surface area contributed by atoms with Crippen molar-refractivity contribution >= 4 is 27.8 Å². The molecule has 108 valence electrons. The molecule has 1 amide bonds. The lowest BCUT2D eigenvalue weighted by molar-refractivity contribution is -0.149. The summed E-state index contributed by atoms with van der Waals surface area (Å²) in [7, 11) is 0. The van der Waals surface area contributed by atoms with E-state index in [0.29, 0.717) is 0 Å². The molecule has 2 rings (SSSR count). The Balaban J connectivity index is 2.24. The van der Waals surface area contributed by atoms with E-state index in [-0.39, 0.29) is 19.1 Å². The van der Waals surface area contributed by atoms with Crippen LogP contribution in [0.4, 0.5) is 0 Å². The molecule has 0 aliphatic carbocycles. The highest BCUT2D eigenvalue weighted by Gasteiger charge is 2.40. The standard InChI is InChI=1S/C14H16BrNO4/c1-3-19-12(17)8-16-13(18)9(2)20-14(16)10-6-4-5-7-11(10)15/h4-7,9,14H,3,8H2,1-2H3/t9-,14-/m0/s1. The number of hydrogen-bond acceptors (Lipinski definition) is 4. The fraction of sp³-hybridized carbons (Fsp3) is 0.429. The Labute approximate surface area is 126 Å². The molecule has 0 unspecified atom stereocenters. The molecular formula is C14H16BrNO4. The van der Waals surface area contributed by atoms with E-state index in [0.717, 1.165) is 10.0 Å². The number of amides is 1. The molecular weight excluding hydrogens is 326 g/mol. The van der Waals surface area contributed by atoms with E-state index in [1.165, 1.54) is 4.90 Å². The monoisotopic (exact) mass is 341 g/mol. The molecule has 1 saturated heterocycles. The SMILES string of the molecule is CCOC(=O)CN1C(=O)[C@H](C)O[C@H]1c1ccccc1Br.